The molecule has 0 aliphatic carbocycles. The molecule has 0 aliphatic rings. The number of hydrogen-bond acceptors (Lipinski definition) is 4. The second kappa shape index (κ2) is 5.32. The van der Waals surface area contributed by atoms with E-state index in [0.717, 1.165) is 23.1 Å². The highest BCUT2D eigenvalue weighted by molar-refractivity contribution is 7.10. The van der Waals surface area contributed by atoms with E-state index in [4.69, 9.17) is 0 Å². The fourth-order valence-electron chi connectivity index (χ4n) is 2.17. The van der Waals surface area contributed by atoms with Gasteiger partial charge in [-0.1, -0.05) is 18.2 Å². The molecule has 2 heterocycles. The van der Waals surface area contributed by atoms with Crippen molar-refractivity contribution in [2.24, 2.45) is 0 Å². The van der Waals surface area contributed by atoms with E-state index in [1.54, 1.807) is 17.5 Å². The van der Waals surface area contributed by atoms with Crippen molar-refractivity contribution < 1.29 is 0 Å². The predicted molar refractivity (Wildman–Crippen MR) is 82.8 cm³/mol. The molecule has 0 unspecified atom stereocenters. The Morgan fingerprint density at radius 1 is 1.30 bits per heavy atom. The molecule has 0 atom stereocenters. The first-order chi connectivity index (χ1) is 9.79. The molecule has 0 spiro atoms. The summed E-state index contributed by atoms with van der Waals surface area (Å²) in [5, 5.41) is 15.7. The predicted octanol–water partition coefficient (Wildman–Crippen LogP) is 4.09. The first kappa shape index (κ1) is 12.6. The lowest BCUT2D eigenvalue weighted by Gasteiger charge is -2.11. The Labute approximate surface area is 121 Å². The van der Waals surface area contributed by atoms with Crippen LogP contribution in [0.15, 0.2) is 41.9 Å². The second-order valence-electron chi connectivity index (χ2n) is 4.56. The third-order valence-electron chi connectivity index (χ3n) is 3.29. The number of aromatic nitrogens is 1. The van der Waals surface area contributed by atoms with Gasteiger partial charge >= 0.3 is 0 Å². The molecule has 20 heavy (non-hydrogen) atoms. The minimum absolute atomic E-state index is 0.581. The highest BCUT2D eigenvalue weighted by atomic mass is 32.1. The lowest BCUT2D eigenvalue weighted by molar-refractivity contribution is 1.16. The third-order valence-corrected chi connectivity index (χ3v) is 4.31. The number of fused-ring (bicyclic) bond motifs is 1. The fraction of sp³-hybridized carbons (Fsp3) is 0.125. The van der Waals surface area contributed by atoms with Gasteiger partial charge in [0, 0.05) is 23.0 Å². The lowest BCUT2D eigenvalue weighted by Crippen LogP contribution is -2.02. The van der Waals surface area contributed by atoms with E-state index in [1.807, 2.05) is 24.3 Å². The maximum atomic E-state index is 9.26. The third kappa shape index (κ3) is 2.24. The quantitative estimate of drug-likeness (QED) is 0.785. The van der Waals surface area contributed by atoms with Crippen molar-refractivity contribution in [2.45, 2.75) is 13.5 Å². The summed E-state index contributed by atoms with van der Waals surface area (Å²) in [6.45, 7) is 2.83. The average Bonchev–Trinajstić information content (AvgIpc) is 2.90. The van der Waals surface area contributed by atoms with Crippen molar-refractivity contribution in [3.63, 3.8) is 0 Å². The molecule has 0 aliphatic heterocycles. The molecule has 0 fully saturated rings. The van der Waals surface area contributed by atoms with Gasteiger partial charge in [0.15, 0.2) is 0 Å². The number of nitrogens with zero attached hydrogens (tertiary/aromatic N) is 2. The van der Waals surface area contributed by atoms with Crippen molar-refractivity contribution in [1.29, 1.82) is 5.26 Å². The topological polar surface area (TPSA) is 48.7 Å². The van der Waals surface area contributed by atoms with E-state index in [0.29, 0.717) is 5.56 Å². The van der Waals surface area contributed by atoms with Crippen molar-refractivity contribution in [3.8, 4) is 6.07 Å². The fourth-order valence-corrected chi connectivity index (χ4v) is 3.02. The Morgan fingerprint density at radius 3 is 2.90 bits per heavy atom. The number of nitriles is 1. The van der Waals surface area contributed by atoms with Crippen LogP contribution in [-0.4, -0.2) is 4.98 Å². The number of anilines is 1. The molecule has 98 valence electrons. The van der Waals surface area contributed by atoms with Gasteiger partial charge < -0.3 is 5.32 Å². The van der Waals surface area contributed by atoms with E-state index < -0.39 is 0 Å². The largest absolute Gasteiger partial charge is 0.378 e. The van der Waals surface area contributed by atoms with Gasteiger partial charge in [0.2, 0.25) is 0 Å². The number of hydrogen-bond donors (Lipinski definition) is 1. The molecule has 4 heteroatoms. The van der Waals surface area contributed by atoms with E-state index in [2.05, 4.69) is 34.7 Å². The van der Waals surface area contributed by atoms with Gasteiger partial charge in [-0.25, -0.2) is 0 Å². The monoisotopic (exact) mass is 279 g/mol. The smallest absolute Gasteiger partial charge is 0.103 e. The zero-order valence-corrected chi connectivity index (χ0v) is 11.9. The lowest BCUT2D eigenvalue weighted by atomic mass is 10.1. The van der Waals surface area contributed by atoms with Gasteiger partial charge in [-0.05, 0) is 30.0 Å². The maximum Gasteiger partial charge on any atom is 0.103 e. The van der Waals surface area contributed by atoms with E-state index in [-0.39, 0.29) is 0 Å². The molecule has 3 nitrogen and oxygen atoms in total. The standard InChI is InChI=1S/C16H13N3S/c1-11-6-7-20-15(11)10-19-16-12(8-17)9-18-14-5-3-2-4-13(14)16/h2-7,9H,10H2,1H3,(H,18,19). The van der Waals surface area contributed by atoms with Gasteiger partial charge in [-0.15, -0.1) is 11.3 Å². The number of pyridine rings is 1. The van der Waals surface area contributed by atoms with Crippen molar-refractivity contribution in [2.75, 3.05) is 5.32 Å². The zero-order chi connectivity index (χ0) is 13.9. The maximum absolute atomic E-state index is 9.26. The van der Waals surface area contributed by atoms with Gasteiger partial charge in [0.25, 0.3) is 0 Å². The first-order valence-corrected chi connectivity index (χ1v) is 7.22. The SMILES string of the molecule is Cc1ccsc1CNc1c(C#N)cnc2ccccc12. The number of nitrogens with one attached hydrogen (secondary N) is 1. The normalized spacial score (nSPS) is 10.4. The van der Waals surface area contributed by atoms with E-state index in [1.165, 1.54) is 10.4 Å². The molecule has 2 aromatic heterocycles. The molecule has 0 saturated carbocycles. The number of rotatable bonds is 3. The Hall–Kier alpha value is -2.38. The first-order valence-electron chi connectivity index (χ1n) is 6.34. The minimum atomic E-state index is 0.581. The van der Waals surface area contributed by atoms with Crippen LogP contribution >= 0.6 is 11.3 Å². The van der Waals surface area contributed by atoms with Crippen molar-refractivity contribution in [3.05, 3.63) is 57.9 Å². The van der Waals surface area contributed by atoms with Crippen LogP contribution < -0.4 is 5.32 Å². The average molecular weight is 279 g/mol. The zero-order valence-electron chi connectivity index (χ0n) is 11.1. The molecule has 1 N–H and O–H groups in total. The number of benzene rings is 1. The number of thiophene rings is 1. The molecule has 1 aromatic carbocycles. The van der Waals surface area contributed by atoms with Crippen molar-refractivity contribution >= 4 is 27.9 Å². The van der Waals surface area contributed by atoms with Crippen LogP contribution in [-0.2, 0) is 6.54 Å². The van der Waals surface area contributed by atoms with Crippen LogP contribution in [0.5, 0.6) is 0 Å². The Kier molecular flexibility index (Phi) is 3.36. The molecule has 0 saturated heterocycles. The van der Waals surface area contributed by atoms with Gasteiger partial charge in [-0.3, -0.25) is 4.98 Å². The molecule has 0 amide bonds. The summed E-state index contributed by atoms with van der Waals surface area (Å²) in [6.07, 6.45) is 1.63. The molecule has 0 bridgehead atoms. The summed E-state index contributed by atoms with van der Waals surface area (Å²) in [7, 11) is 0. The Morgan fingerprint density at radius 2 is 2.15 bits per heavy atom. The Bertz CT molecular complexity index is 799. The summed E-state index contributed by atoms with van der Waals surface area (Å²) in [4.78, 5) is 5.60. The van der Waals surface area contributed by atoms with Crippen molar-refractivity contribution in [1.82, 2.24) is 4.98 Å². The van der Waals surface area contributed by atoms with E-state index in [9.17, 15) is 5.26 Å². The van der Waals surface area contributed by atoms with Crippen LogP contribution in [0.2, 0.25) is 0 Å². The van der Waals surface area contributed by atoms with Crippen LogP contribution in [0, 0.1) is 18.3 Å². The Balaban J connectivity index is 2.01. The molecule has 0 radical (unpaired) electrons. The van der Waals surface area contributed by atoms with Crippen LogP contribution in [0.25, 0.3) is 10.9 Å². The summed E-state index contributed by atoms with van der Waals surface area (Å²) < 4.78 is 0. The second-order valence-corrected chi connectivity index (χ2v) is 5.56. The molecule has 3 aromatic rings. The van der Waals surface area contributed by atoms with Gasteiger partial charge in [0.1, 0.15) is 6.07 Å². The van der Waals surface area contributed by atoms with Crippen LogP contribution in [0.4, 0.5) is 5.69 Å². The number of para-hydroxylation sites is 1. The van der Waals surface area contributed by atoms with E-state index >= 15 is 0 Å². The number of aryl methyl sites for hydroxylation is 1. The summed E-state index contributed by atoms with van der Waals surface area (Å²) in [5.74, 6) is 0. The highest BCUT2D eigenvalue weighted by Crippen LogP contribution is 2.27. The summed E-state index contributed by atoms with van der Waals surface area (Å²) in [6, 6.07) is 12.2. The van der Waals surface area contributed by atoms with Crippen LogP contribution in [0.3, 0.4) is 0 Å². The summed E-state index contributed by atoms with van der Waals surface area (Å²) in [5.41, 5.74) is 3.63. The molecular weight excluding hydrogens is 266 g/mol. The van der Waals surface area contributed by atoms with Gasteiger partial charge in [0.05, 0.1) is 16.8 Å². The minimum Gasteiger partial charge on any atom is -0.378 e. The molecule has 3 rings (SSSR count). The summed E-state index contributed by atoms with van der Waals surface area (Å²) >= 11 is 1.73. The highest BCUT2D eigenvalue weighted by Gasteiger charge is 2.09. The molecular formula is C16H13N3S. The van der Waals surface area contributed by atoms with Gasteiger partial charge in [-0.2, -0.15) is 5.26 Å². The van der Waals surface area contributed by atoms with Crippen LogP contribution in [0.1, 0.15) is 16.0 Å².